The number of ether oxygens (including phenoxy) is 1. The minimum absolute atomic E-state index is 0.780. The molecular formula is C23H27N3OS. The third-order valence-corrected chi connectivity index (χ3v) is 5.24. The third kappa shape index (κ3) is 5.92. The Labute approximate surface area is 171 Å². The number of benzene rings is 2. The number of anilines is 1. The van der Waals surface area contributed by atoms with Crippen molar-refractivity contribution in [2.75, 3.05) is 12.0 Å². The second-order valence-electron chi connectivity index (χ2n) is 6.64. The number of nitrogens with zero attached hydrogens (tertiary/aromatic N) is 2. The maximum Gasteiger partial charge on any atom is 0.204 e. The summed E-state index contributed by atoms with van der Waals surface area (Å²) in [6.45, 7) is 5.08. The monoisotopic (exact) mass is 393 g/mol. The van der Waals surface area contributed by atoms with Crippen molar-refractivity contribution in [3.05, 3.63) is 65.0 Å². The largest absolute Gasteiger partial charge is 0.494 e. The van der Waals surface area contributed by atoms with Crippen molar-refractivity contribution in [3.8, 4) is 17.0 Å². The molecular weight excluding hydrogens is 366 g/mol. The first kappa shape index (κ1) is 20.1. The van der Waals surface area contributed by atoms with Gasteiger partial charge < -0.3 is 4.74 Å². The predicted octanol–water partition coefficient (Wildman–Crippen LogP) is 6.52. The topological polar surface area (TPSA) is 46.5 Å². The fourth-order valence-electron chi connectivity index (χ4n) is 2.84. The zero-order valence-electron chi connectivity index (χ0n) is 16.5. The van der Waals surface area contributed by atoms with Gasteiger partial charge in [0, 0.05) is 10.4 Å². The third-order valence-electron chi connectivity index (χ3n) is 4.36. The number of thiazole rings is 1. The van der Waals surface area contributed by atoms with Crippen LogP contribution in [0.25, 0.3) is 11.3 Å². The maximum absolute atomic E-state index is 5.77. The number of hydrogen-bond donors (Lipinski definition) is 1. The van der Waals surface area contributed by atoms with E-state index in [0.29, 0.717) is 0 Å². The van der Waals surface area contributed by atoms with Crippen molar-refractivity contribution in [2.24, 2.45) is 5.10 Å². The number of hydrogen-bond acceptors (Lipinski definition) is 5. The minimum atomic E-state index is 0.780. The molecule has 0 atom stereocenters. The Morgan fingerprint density at radius 1 is 1.04 bits per heavy atom. The van der Waals surface area contributed by atoms with Crippen molar-refractivity contribution in [3.63, 3.8) is 0 Å². The molecule has 0 amide bonds. The molecule has 1 N–H and O–H groups in total. The highest BCUT2D eigenvalue weighted by atomic mass is 32.1. The summed E-state index contributed by atoms with van der Waals surface area (Å²) < 4.78 is 5.77. The summed E-state index contributed by atoms with van der Waals surface area (Å²) in [4.78, 5) is 5.82. The van der Waals surface area contributed by atoms with E-state index in [2.05, 4.69) is 41.5 Å². The summed E-state index contributed by atoms with van der Waals surface area (Å²) in [6, 6.07) is 18.2. The molecule has 3 rings (SSSR count). The normalized spacial score (nSPS) is 11.1. The molecule has 0 aliphatic carbocycles. The zero-order valence-corrected chi connectivity index (χ0v) is 17.3. The van der Waals surface area contributed by atoms with Gasteiger partial charge in [0.25, 0.3) is 0 Å². The molecule has 1 heterocycles. The van der Waals surface area contributed by atoms with Gasteiger partial charge in [-0.15, -0.1) is 11.3 Å². The minimum Gasteiger partial charge on any atom is -0.494 e. The van der Waals surface area contributed by atoms with E-state index < -0.39 is 0 Å². The molecule has 1 aromatic heterocycles. The van der Waals surface area contributed by atoms with Gasteiger partial charge in [-0.05, 0) is 43.2 Å². The molecule has 0 saturated heterocycles. The fourth-order valence-corrected chi connectivity index (χ4v) is 3.62. The van der Waals surface area contributed by atoms with Crippen LogP contribution >= 0.6 is 11.3 Å². The number of aromatic nitrogens is 1. The van der Waals surface area contributed by atoms with Crippen LogP contribution in [-0.2, 0) is 0 Å². The summed E-state index contributed by atoms with van der Waals surface area (Å²) in [5.41, 5.74) is 6.18. The molecule has 28 heavy (non-hydrogen) atoms. The number of hydrazone groups is 1. The molecule has 5 heteroatoms. The molecule has 0 saturated carbocycles. The molecule has 146 valence electrons. The SMILES string of the molecule is CCCCCCOc1ccc(/C=N/Nc2nc(-c3ccccc3)c(C)s2)cc1. The highest BCUT2D eigenvalue weighted by molar-refractivity contribution is 7.15. The molecule has 0 aliphatic rings. The molecule has 0 unspecified atom stereocenters. The van der Waals surface area contributed by atoms with Crippen molar-refractivity contribution in [1.82, 2.24) is 4.98 Å². The van der Waals surface area contributed by atoms with Crippen LogP contribution in [0.5, 0.6) is 5.75 Å². The van der Waals surface area contributed by atoms with E-state index in [1.54, 1.807) is 17.6 Å². The van der Waals surface area contributed by atoms with Crippen LogP contribution < -0.4 is 10.2 Å². The van der Waals surface area contributed by atoms with E-state index in [1.165, 1.54) is 24.1 Å². The van der Waals surface area contributed by atoms with Gasteiger partial charge in [0.2, 0.25) is 5.13 Å². The number of nitrogens with one attached hydrogen (secondary N) is 1. The lowest BCUT2D eigenvalue weighted by atomic mass is 10.1. The van der Waals surface area contributed by atoms with Crippen molar-refractivity contribution >= 4 is 22.7 Å². The van der Waals surface area contributed by atoms with E-state index >= 15 is 0 Å². The van der Waals surface area contributed by atoms with E-state index in [4.69, 9.17) is 4.74 Å². The van der Waals surface area contributed by atoms with Crippen LogP contribution in [0.3, 0.4) is 0 Å². The maximum atomic E-state index is 5.77. The summed E-state index contributed by atoms with van der Waals surface area (Å²) in [6.07, 6.45) is 6.66. The van der Waals surface area contributed by atoms with Crippen molar-refractivity contribution in [1.29, 1.82) is 0 Å². The van der Waals surface area contributed by atoms with Crippen LogP contribution in [0.2, 0.25) is 0 Å². The number of aryl methyl sites for hydroxylation is 1. The summed E-state index contributed by atoms with van der Waals surface area (Å²) in [7, 11) is 0. The molecule has 0 radical (unpaired) electrons. The Morgan fingerprint density at radius 3 is 2.57 bits per heavy atom. The molecule has 4 nitrogen and oxygen atoms in total. The van der Waals surface area contributed by atoms with Gasteiger partial charge in [-0.2, -0.15) is 5.10 Å². The van der Waals surface area contributed by atoms with E-state index in [9.17, 15) is 0 Å². The number of rotatable bonds is 10. The van der Waals surface area contributed by atoms with Crippen LogP contribution in [0, 0.1) is 6.92 Å². The zero-order chi connectivity index (χ0) is 19.6. The molecule has 3 aromatic rings. The molecule has 2 aromatic carbocycles. The Balaban J connectivity index is 1.51. The lowest BCUT2D eigenvalue weighted by Gasteiger charge is -2.05. The quantitative estimate of drug-likeness (QED) is 0.242. The van der Waals surface area contributed by atoms with Gasteiger partial charge in [-0.3, -0.25) is 5.43 Å². The fraction of sp³-hybridized carbons (Fsp3) is 0.304. The van der Waals surface area contributed by atoms with Gasteiger partial charge in [0.15, 0.2) is 0 Å². The van der Waals surface area contributed by atoms with Gasteiger partial charge in [0.1, 0.15) is 5.75 Å². The summed E-state index contributed by atoms with van der Waals surface area (Å²) in [5, 5.41) is 5.11. The second-order valence-corrected chi connectivity index (χ2v) is 7.84. The summed E-state index contributed by atoms with van der Waals surface area (Å²) >= 11 is 1.61. The predicted molar refractivity (Wildman–Crippen MR) is 120 cm³/mol. The van der Waals surface area contributed by atoms with Gasteiger partial charge in [0.05, 0.1) is 18.5 Å². The lowest BCUT2D eigenvalue weighted by molar-refractivity contribution is 0.305. The van der Waals surface area contributed by atoms with Gasteiger partial charge >= 0.3 is 0 Å². The first-order valence-corrected chi connectivity index (χ1v) is 10.6. The van der Waals surface area contributed by atoms with Gasteiger partial charge in [-0.1, -0.05) is 56.5 Å². The van der Waals surface area contributed by atoms with Crippen LogP contribution in [-0.4, -0.2) is 17.8 Å². The smallest absolute Gasteiger partial charge is 0.204 e. The average molecular weight is 394 g/mol. The van der Waals surface area contributed by atoms with Crippen LogP contribution in [0.1, 0.15) is 43.0 Å². The number of unbranched alkanes of at least 4 members (excludes halogenated alkanes) is 3. The second kappa shape index (κ2) is 10.6. The van der Waals surface area contributed by atoms with Crippen molar-refractivity contribution in [2.45, 2.75) is 39.5 Å². The standard InChI is InChI=1S/C23H27N3OS/c1-3-4-5-9-16-27-21-14-12-19(13-15-21)17-24-26-23-25-22(18(2)28-23)20-10-7-6-8-11-20/h6-8,10-15,17H,3-5,9,16H2,1-2H3,(H,25,26)/b24-17+. The van der Waals surface area contributed by atoms with Gasteiger partial charge in [-0.25, -0.2) is 4.98 Å². The average Bonchev–Trinajstić information content (AvgIpc) is 3.10. The van der Waals surface area contributed by atoms with E-state index in [0.717, 1.165) is 40.7 Å². The first-order valence-electron chi connectivity index (χ1n) is 9.81. The Bertz CT molecular complexity index is 873. The summed E-state index contributed by atoms with van der Waals surface area (Å²) in [5.74, 6) is 0.907. The first-order chi connectivity index (χ1) is 13.8. The molecule has 0 aliphatic heterocycles. The van der Waals surface area contributed by atoms with Crippen LogP contribution in [0.4, 0.5) is 5.13 Å². The Morgan fingerprint density at radius 2 is 1.82 bits per heavy atom. The Hall–Kier alpha value is -2.66. The molecule has 0 fully saturated rings. The van der Waals surface area contributed by atoms with Crippen molar-refractivity contribution < 1.29 is 4.74 Å². The van der Waals surface area contributed by atoms with E-state index in [1.807, 2.05) is 42.5 Å². The molecule has 0 spiro atoms. The Kier molecular flexibility index (Phi) is 7.62. The lowest BCUT2D eigenvalue weighted by Crippen LogP contribution is -1.97. The highest BCUT2D eigenvalue weighted by Crippen LogP contribution is 2.30. The van der Waals surface area contributed by atoms with Crippen LogP contribution in [0.15, 0.2) is 59.7 Å². The highest BCUT2D eigenvalue weighted by Gasteiger charge is 2.08. The van der Waals surface area contributed by atoms with E-state index in [-0.39, 0.29) is 0 Å². The molecule has 0 bridgehead atoms.